The molecule has 1 aliphatic heterocycles. The largest absolute Gasteiger partial charge is 0.573 e. The first kappa shape index (κ1) is 25.0. The molecular formula is C27H24F5NO2S. The van der Waals surface area contributed by atoms with Crippen molar-refractivity contribution in [1.29, 1.82) is 0 Å². The van der Waals surface area contributed by atoms with Crippen LogP contribution in [0.3, 0.4) is 0 Å². The highest BCUT2D eigenvalue weighted by Crippen LogP contribution is 2.41. The summed E-state index contributed by atoms with van der Waals surface area (Å²) in [6.45, 7) is 0.519. The predicted molar refractivity (Wildman–Crippen MR) is 127 cm³/mol. The third-order valence-electron chi connectivity index (χ3n) is 6.63. The van der Waals surface area contributed by atoms with Crippen LogP contribution in [-0.2, 0) is 17.6 Å². The van der Waals surface area contributed by atoms with Gasteiger partial charge in [0.15, 0.2) is 0 Å². The van der Waals surface area contributed by atoms with E-state index in [-0.39, 0.29) is 35.4 Å². The van der Waals surface area contributed by atoms with Crippen molar-refractivity contribution in [3.63, 3.8) is 0 Å². The van der Waals surface area contributed by atoms with Crippen molar-refractivity contribution in [3.05, 3.63) is 94.6 Å². The van der Waals surface area contributed by atoms with E-state index in [1.165, 1.54) is 36.2 Å². The van der Waals surface area contributed by atoms with Crippen LogP contribution in [0, 0.1) is 11.6 Å². The van der Waals surface area contributed by atoms with Crippen molar-refractivity contribution >= 4 is 11.9 Å². The molecule has 1 N–H and O–H groups in total. The zero-order valence-corrected chi connectivity index (χ0v) is 20.0. The van der Waals surface area contributed by atoms with Crippen molar-refractivity contribution in [2.24, 2.45) is 0 Å². The Kier molecular flexibility index (Phi) is 7.23. The summed E-state index contributed by atoms with van der Waals surface area (Å²) in [5.41, 5.74) is 3.82. The third-order valence-corrected chi connectivity index (χ3v) is 7.59. The molecule has 3 aromatic rings. The summed E-state index contributed by atoms with van der Waals surface area (Å²) in [7, 11) is 0. The molecule has 1 aliphatic carbocycles. The van der Waals surface area contributed by atoms with Crippen molar-refractivity contribution in [1.82, 2.24) is 4.72 Å². The van der Waals surface area contributed by atoms with Crippen LogP contribution in [0.5, 0.6) is 5.75 Å². The van der Waals surface area contributed by atoms with Crippen LogP contribution in [-0.4, -0.2) is 25.1 Å². The lowest BCUT2D eigenvalue weighted by molar-refractivity contribution is -0.274. The summed E-state index contributed by atoms with van der Waals surface area (Å²) in [5.74, 6) is -1.02. The zero-order valence-electron chi connectivity index (χ0n) is 19.2. The Morgan fingerprint density at radius 1 is 0.861 bits per heavy atom. The highest BCUT2D eigenvalue weighted by molar-refractivity contribution is 7.97. The van der Waals surface area contributed by atoms with E-state index in [2.05, 4.69) is 9.46 Å². The van der Waals surface area contributed by atoms with E-state index in [0.29, 0.717) is 25.9 Å². The molecule has 2 atom stereocenters. The molecule has 0 radical (unpaired) electrons. The molecule has 2 unspecified atom stereocenters. The van der Waals surface area contributed by atoms with Crippen molar-refractivity contribution in [3.8, 4) is 5.75 Å². The average molecular weight is 522 g/mol. The Labute approximate surface area is 210 Å². The zero-order chi connectivity index (χ0) is 25.3. The second-order valence-electron chi connectivity index (χ2n) is 9.03. The van der Waals surface area contributed by atoms with Crippen molar-refractivity contribution in [2.75, 3.05) is 6.61 Å². The molecule has 1 heterocycles. The summed E-state index contributed by atoms with van der Waals surface area (Å²) < 4.78 is 78.8. The molecule has 0 amide bonds. The van der Waals surface area contributed by atoms with Crippen LogP contribution in [0.2, 0.25) is 0 Å². The number of benzene rings is 3. The molecule has 0 bridgehead atoms. The van der Waals surface area contributed by atoms with Gasteiger partial charge in [0.1, 0.15) is 17.4 Å². The lowest BCUT2D eigenvalue weighted by Gasteiger charge is -2.36. The van der Waals surface area contributed by atoms with E-state index in [9.17, 15) is 22.0 Å². The van der Waals surface area contributed by atoms with Gasteiger partial charge < -0.3 is 9.47 Å². The molecule has 5 rings (SSSR count). The van der Waals surface area contributed by atoms with Gasteiger partial charge in [-0.2, -0.15) is 0 Å². The Morgan fingerprint density at radius 2 is 1.47 bits per heavy atom. The summed E-state index contributed by atoms with van der Waals surface area (Å²) in [6, 6.07) is 15.4. The minimum absolute atomic E-state index is 0.0795. The molecule has 2 aliphatic rings. The van der Waals surface area contributed by atoms with Gasteiger partial charge in [-0.3, -0.25) is 4.72 Å². The Balaban J connectivity index is 1.33. The number of rotatable bonds is 5. The fraction of sp³-hybridized carbons (Fsp3) is 0.333. The number of hydrogen-bond donors (Lipinski definition) is 1. The first-order valence-corrected chi connectivity index (χ1v) is 12.5. The molecule has 0 aromatic heterocycles. The second kappa shape index (κ2) is 10.4. The number of nitrogens with one attached hydrogen (secondary N) is 1. The third kappa shape index (κ3) is 5.85. The molecule has 1 fully saturated rings. The normalized spacial score (nSPS) is 20.4. The average Bonchev–Trinajstić information content (AvgIpc) is 2.99. The number of halogens is 5. The van der Waals surface area contributed by atoms with E-state index in [0.717, 1.165) is 33.6 Å². The van der Waals surface area contributed by atoms with Crippen LogP contribution in [0.1, 0.15) is 41.0 Å². The monoisotopic (exact) mass is 521 g/mol. The van der Waals surface area contributed by atoms with Gasteiger partial charge in [0, 0.05) is 23.5 Å². The Morgan fingerprint density at radius 3 is 2.06 bits per heavy atom. The van der Waals surface area contributed by atoms with Gasteiger partial charge in [-0.1, -0.05) is 12.1 Å². The number of hydrogen-bond acceptors (Lipinski definition) is 4. The number of alkyl halides is 3. The molecule has 9 heteroatoms. The highest BCUT2D eigenvalue weighted by atomic mass is 32.2. The maximum atomic E-state index is 14.1. The minimum atomic E-state index is -4.73. The maximum absolute atomic E-state index is 14.1. The lowest BCUT2D eigenvalue weighted by atomic mass is 9.80. The van der Waals surface area contributed by atoms with Gasteiger partial charge >= 0.3 is 6.36 Å². The maximum Gasteiger partial charge on any atom is 0.573 e. The molecule has 0 spiro atoms. The van der Waals surface area contributed by atoms with E-state index in [4.69, 9.17) is 4.74 Å². The SMILES string of the molecule is Fc1ccc2c(c1)CCc1cc(F)ccc1C2C1CC(NSc2ccc(OC(F)(F)F)cc2)CCO1. The van der Waals surface area contributed by atoms with Gasteiger partial charge in [0.2, 0.25) is 0 Å². The first-order valence-electron chi connectivity index (χ1n) is 11.7. The summed E-state index contributed by atoms with van der Waals surface area (Å²) in [6.07, 6.45) is -2.25. The molecule has 0 saturated carbocycles. The topological polar surface area (TPSA) is 30.5 Å². The molecule has 36 heavy (non-hydrogen) atoms. The van der Waals surface area contributed by atoms with Crippen LogP contribution >= 0.6 is 11.9 Å². The van der Waals surface area contributed by atoms with Crippen LogP contribution < -0.4 is 9.46 Å². The summed E-state index contributed by atoms with van der Waals surface area (Å²) in [4.78, 5) is 0.753. The van der Waals surface area contributed by atoms with Crippen molar-refractivity contribution < 1.29 is 31.4 Å². The predicted octanol–water partition coefficient (Wildman–Crippen LogP) is 6.94. The van der Waals surface area contributed by atoms with Gasteiger partial charge in [0.05, 0.1) is 6.10 Å². The van der Waals surface area contributed by atoms with E-state index >= 15 is 0 Å². The highest BCUT2D eigenvalue weighted by Gasteiger charge is 2.35. The quantitative estimate of drug-likeness (QED) is 0.291. The number of aryl methyl sites for hydroxylation is 2. The molecular weight excluding hydrogens is 497 g/mol. The Bertz CT molecular complexity index is 1160. The molecule has 3 aromatic carbocycles. The molecule has 1 saturated heterocycles. The molecule has 190 valence electrons. The van der Waals surface area contributed by atoms with Gasteiger partial charge in [-0.25, -0.2) is 8.78 Å². The Hall–Kier alpha value is -2.62. The van der Waals surface area contributed by atoms with Gasteiger partial charge in [-0.15, -0.1) is 13.2 Å². The van der Waals surface area contributed by atoms with E-state index in [1.54, 1.807) is 24.3 Å². The van der Waals surface area contributed by atoms with Crippen molar-refractivity contribution in [2.45, 2.75) is 55.0 Å². The fourth-order valence-corrected chi connectivity index (χ4v) is 5.84. The number of ether oxygens (including phenoxy) is 2. The van der Waals surface area contributed by atoms with Crippen LogP contribution in [0.25, 0.3) is 0 Å². The van der Waals surface area contributed by atoms with Crippen LogP contribution in [0.4, 0.5) is 22.0 Å². The molecule has 3 nitrogen and oxygen atoms in total. The second-order valence-corrected chi connectivity index (χ2v) is 9.94. The van der Waals surface area contributed by atoms with Crippen LogP contribution in [0.15, 0.2) is 65.6 Å². The van der Waals surface area contributed by atoms with E-state index < -0.39 is 6.36 Å². The fourth-order valence-electron chi connectivity index (χ4n) is 5.05. The first-order chi connectivity index (χ1) is 17.2. The minimum Gasteiger partial charge on any atom is -0.406 e. The smallest absolute Gasteiger partial charge is 0.406 e. The summed E-state index contributed by atoms with van der Waals surface area (Å²) in [5, 5.41) is 0. The van der Waals surface area contributed by atoms with E-state index in [1.807, 2.05) is 12.1 Å². The number of fused-ring (bicyclic) bond motifs is 2. The lowest BCUT2D eigenvalue weighted by Crippen LogP contribution is -2.39. The van der Waals surface area contributed by atoms with Gasteiger partial charge in [0.25, 0.3) is 0 Å². The van der Waals surface area contributed by atoms with Gasteiger partial charge in [-0.05, 0) is 108 Å². The standard InChI is InChI=1S/C27H24F5NO2S/c28-18-3-9-23-16(13-18)1-2-17-14-19(29)4-10-24(17)26(23)25-15-20(11-12-34-25)33-36-22-7-5-21(6-8-22)35-27(30,31)32/h3-10,13-14,20,25-26,33H,1-2,11-12,15H2. The summed E-state index contributed by atoms with van der Waals surface area (Å²) >= 11 is 1.34.